The first-order valence-electron chi connectivity index (χ1n) is 7.21. The van der Waals surface area contributed by atoms with E-state index in [-0.39, 0.29) is 6.04 Å². The van der Waals surface area contributed by atoms with Crippen LogP contribution in [-0.4, -0.2) is 11.8 Å². The SMILES string of the molecule is Cc1ccc(NC(=O)C(=O)N[C@@H](C)c2ccccc2)cc1C. The molecular formula is C18H20N2O2. The summed E-state index contributed by atoms with van der Waals surface area (Å²) in [6.45, 7) is 5.80. The summed E-state index contributed by atoms with van der Waals surface area (Å²) in [5.74, 6) is -1.30. The molecule has 0 bridgehead atoms. The highest BCUT2D eigenvalue weighted by molar-refractivity contribution is 6.39. The minimum absolute atomic E-state index is 0.223. The summed E-state index contributed by atoms with van der Waals surface area (Å²) in [7, 11) is 0. The lowest BCUT2D eigenvalue weighted by molar-refractivity contribution is -0.136. The Balaban J connectivity index is 1.97. The average Bonchev–Trinajstić information content (AvgIpc) is 2.51. The maximum absolute atomic E-state index is 12.0. The summed E-state index contributed by atoms with van der Waals surface area (Å²) in [6, 6.07) is 14.8. The van der Waals surface area contributed by atoms with E-state index in [1.54, 1.807) is 6.07 Å². The predicted octanol–water partition coefficient (Wildman–Crippen LogP) is 3.12. The van der Waals surface area contributed by atoms with Crippen LogP contribution in [0.5, 0.6) is 0 Å². The summed E-state index contributed by atoms with van der Waals surface area (Å²) >= 11 is 0. The van der Waals surface area contributed by atoms with Crippen molar-refractivity contribution in [3.63, 3.8) is 0 Å². The third kappa shape index (κ3) is 3.95. The van der Waals surface area contributed by atoms with Gasteiger partial charge in [0.25, 0.3) is 0 Å². The van der Waals surface area contributed by atoms with Crippen molar-refractivity contribution in [2.45, 2.75) is 26.8 Å². The normalized spacial score (nSPS) is 11.6. The van der Waals surface area contributed by atoms with Gasteiger partial charge < -0.3 is 10.6 Å². The van der Waals surface area contributed by atoms with E-state index in [4.69, 9.17) is 0 Å². The second-order valence-corrected chi connectivity index (χ2v) is 5.36. The molecule has 2 aromatic carbocycles. The molecular weight excluding hydrogens is 276 g/mol. The number of carbonyl (C=O) groups is 2. The van der Waals surface area contributed by atoms with Crippen molar-refractivity contribution >= 4 is 17.5 Å². The van der Waals surface area contributed by atoms with Gasteiger partial charge in [0.15, 0.2) is 0 Å². The van der Waals surface area contributed by atoms with Gasteiger partial charge >= 0.3 is 11.8 Å². The van der Waals surface area contributed by atoms with E-state index in [1.807, 2.05) is 63.2 Å². The standard InChI is InChI=1S/C18H20N2O2/c1-12-9-10-16(11-13(12)2)20-18(22)17(21)19-14(3)15-7-5-4-6-8-15/h4-11,14H,1-3H3,(H,19,21)(H,20,22)/t14-/m0/s1. The van der Waals surface area contributed by atoms with Crippen LogP contribution in [0.1, 0.15) is 29.7 Å². The Morgan fingerprint density at radius 2 is 1.59 bits per heavy atom. The van der Waals surface area contributed by atoms with Gasteiger partial charge in [0.2, 0.25) is 0 Å². The van der Waals surface area contributed by atoms with Crippen molar-refractivity contribution < 1.29 is 9.59 Å². The lowest BCUT2D eigenvalue weighted by Gasteiger charge is -2.14. The van der Waals surface area contributed by atoms with Crippen molar-refractivity contribution in [1.29, 1.82) is 0 Å². The molecule has 0 heterocycles. The van der Waals surface area contributed by atoms with Crippen molar-refractivity contribution in [3.05, 3.63) is 65.2 Å². The molecule has 0 fully saturated rings. The number of anilines is 1. The summed E-state index contributed by atoms with van der Waals surface area (Å²) in [4.78, 5) is 23.9. The molecule has 0 radical (unpaired) electrons. The number of aryl methyl sites for hydroxylation is 2. The monoisotopic (exact) mass is 296 g/mol. The van der Waals surface area contributed by atoms with E-state index in [0.717, 1.165) is 16.7 Å². The first-order valence-corrected chi connectivity index (χ1v) is 7.21. The molecule has 2 amide bonds. The smallest absolute Gasteiger partial charge is 0.313 e. The summed E-state index contributed by atoms with van der Waals surface area (Å²) in [6.07, 6.45) is 0. The average molecular weight is 296 g/mol. The second kappa shape index (κ2) is 6.89. The van der Waals surface area contributed by atoms with Crippen molar-refractivity contribution in [3.8, 4) is 0 Å². The quantitative estimate of drug-likeness (QED) is 0.855. The number of hydrogen-bond donors (Lipinski definition) is 2. The van der Waals surface area contributed by atoms with Crippen LogP contribution >= 0.6 is 0 Å². The highest BCUT2D eigenvalue weighted by atomic mass is 16.2. The molecule has 0 aliphatic rings. The van der Waals surface area contributed by atoms with Gasteiger partial charge in [0.05, 0.1) is 6.04 Å². The summed E-state index contributed by atoms with van der Waals surface area (Å²) in [5.41, 5.74) is 3.78. The fourth-order valence-electron chi connectivity index (χ4n) is 2.09. The third-order valence-corrected chi connectivity index (χ3v) is 3.62. The molecule has 4 nitrogen and oxygen atoms in total. The van der Waals surface area contributed by atoms with Crippen LogP contribution in [-0.2, 0) is 9.59 Å². The molecule has 22 heavy (non-hydrogen) atoms. The van der Waals surface area contributed by atoms with E-state index in [9.17, 15) is 9.59 Å². The lowest BCUT2D eigenvalue weighted by atomic mass is 10.1. The van der Waals surface area contributed by atoms with Gasteiger partial charge in [0.1, 0.15) is 0 Å². The fraction of sp³-hybridized carbons (Fsp3) is 0.222. The van der Waals surface area contributed by atoms with Gasteiger partial charge in [-0.25, -0.2) is 0 Å². The molecule has 0 spiro atoms. The molecule has 0 unspecified atom stereocenters. The van der Waals surface area contributed by atoms with E-state index in [2.05, 4.69) is 10.6 Å². The zero-order valence-electron chi connectivity index (χ0n) is 13.0. The number of nitrogens with one attached hydrogen (secondary N) is 2. The highest BCUT2D eigenvalue weighted by Gasteiger charge is 2.17. The van der Waals surface area contributed by atoms with Gasteiger partial charge in [-0.1, -0.05) is 36.4 Å². The molecule has 0 saturated carbocycles. The van der Waals surface area contributed by atoms with Crippen LogP contribution in [0.2, 0.25) is 0 Å². The molecule has 0 aliphatic carbocycles. The van der Waals surface area contributed by atoms with Gasteiger partial charge in [-0.2, -0.15) is 0 Å². The number of carbonyl (C=O) groups excluding carboxylic acids is 2. The van der Waals surface area contributed by atoms with Crippen LogP contribution in [0.3, 0.4) is 0 Å². The van der Waals surface area contributed by atoms with Crippen molar-refractivity contribution in [1.82, 2.24) is 5.32 Å². The van der Waals surface area contributed by atoms with Crippen molar-refractivity contribution in [2.75, 3.05) is 5.32 Å². The number of benzene rings is 2. The lowest BCUT2D eigenvalue weighted by Crippen LogP contribution is -2.36. The maximum atomic E-state index is 12.0. The predicted molar refractivity (Wildman–Crippen MR) is 87.5 cm³/mol. The number of amides is 2. The Bertz CT molecular complexity index is 681. The van der Waals surface area contributed by atoms with Gasteiger partial charge in [-0.3, -0.25) is 9.59 Å². The number of rotatable bonds is 3. The van der Waals surface area contributed by atoms with Crippen LogP contribution in [0, 0.1) is 13.8 Å². The Morgan fingerprint density at radius 1 is 0.909 bits per heavy atom. The molecule has 0 aromatic heterocycles. The molecule has 0 aliphatic heterocycles. The van der Waals surface area contributed by atoms with Gasteiger partial charge in [-0.15, -0.1) is 0 Å². The van der Waals surface area contributed by atoms with E-state index in [0.29, 0.717) is 5.69 Å². The zero-order valence-corrected chi connectivity index (χ0v) is 13.0. The van der Waals surface area contributed by atoms with Gasteiger partial charge in [-0.05, 0) is 49.6 Å². The molecule has 4 heteroatoms. The third-order valence-electron chi connectivity index (χ3n) is 3.62. The Hall–Kier alpha value is -2.62. The number of hydrogen-bond acceptors (Lipinski definition) is 2. The maximum Gasteiger partial charge on any atom is 0.313 e. The molecule has 2 aromatic rings. The minimum atomic E-state index is -0.661. The largest absolute Gasteiger partial charge is 0.341 e. The minimum Gasteiger partial charge on any atom is -0.341 e. The zero-order chi connectivity index (χ0) is 16.1. The molecule has 2 N–H and O–H groups in total. The first-order chi connectivity index (χ1) is 10.5. The van der Waals surface area contributed by atoms with Crippen LogP contribution < -0.4 is 10.6 Å². The molecule has 0 saturated heterocycles. The van der Waals surface area contributed by atoms with Crippen LogP contribution in [0.15, 0.2) is 48.5 Å². The molecule has 2 rings (SSSR count). The first kappa shape index (κ1) is 15.8. The van der Waals surface area contributed by atoms with Crippen molar-refractivity contribution in [2.24, 2.45) is 0 Å². The Labute approximate surface area is 130 Å². The molecule has 1 atom stereocenters. The molecule has 114 valence electrons. The summed E-state index contributed by atoms with van der Waals surface area (Å²) in [5, 5.41) is 5.31. The fourth-order valence-corrected chi connectivity index (χ4v) is 2.09. The summed E-state index contributed by atoms with van der Waals surface area (Å²) < 4.78 is 0. The van der Waals surface area contributed by atoms with E-state index >= 15 is 0 Å². The Kier molecular flexibility index (Phi) is 4.94. The van der Waals surface area contributed by atoms with Crippen LogP contribution in [0.25, 0.3) is 0 Å². The van der Waals surface area contributed by atoms with Gasteiger partial charge in [0, 0.05) is 5.69 Å². The second-order valence-electron chi connectivity index (χ2n) is 5.36. The Morgan fingerprint density at radius 3 is 2.23 bits per heavy atom. The topological polar surface area (TPSA) is 58.2 Å². The van der Waals surface area contributed by atoms with E-state index in [1.165, 1.54) is 0 Å². The van der Waals surface area contributed by atoms with E-state index < -0.39 is 11.8 Å². The highest BCUT2D eigenvalue weighted by Crippen LogP contribution is 2.14. The van der Waals surface area contributed by atoms with Crippen LogP contribution in [0.4, 0.5) is 5.69 Å².